The van der Waals surface area contributed by atoms with E-state index in [1.165, 1.54) is 0 Å². The lowest BCUT2D eigenvalue weighted by Gasteiger charge is -2.15. The minimum atomic E-state index is -0.984. The Kier molecular flexibility index (Phi) is 6.71. The molecule has 1 rings (SSSR count). The summed E-state index contributed by atoms with van der Waals surface area (Å²) in [6, 6.07) is 7.83. The van der Waals surface area contributed by atoms with Crippen LogP contribution < -0.4 is 14.8 Å². The Morgan fingerprint density at radius 3 is 2.68 bits per heavy atom. The number of hydrogen-bond acceptors (Lipinski definition) is 4. The van der Waals surface area contributed by atoms with Crippen molar-refractivity contribution in [1.29, 1.82) is 5.26 Å². The molecule has 0 fully saturated rings. The molecule has 1 aromatic rings. The third kappa shape index (κ3) is 4.96. The molecule has 120 valence electrons. The van der Waals surface area contributed by atoms with Crippen molar-refractivity contribution in [3.8, 4) is 17.6 Å². The number of nitrogens with one attached hydrogen (secondary N) is 1. The number of amides is 1. The molecule has 0 aliphatic heterocycles. The molecular formula is C17H24N2O3. The van der Waals surface area contributed by atoms with E-state index >= 15 is 0 Å². The molecule has 0 radical (unpaired) electrons. The number of nitrogens with zero attached hydrogens (tertiary/aromatic N) is 1. The highest BCUT2D eigenvalue weighted by Crippen LogP contribution is 2.28. The number of rotatable bonds is 8. The van der Waals surface area contributed by atoms with Gasteiger partial charge in [0.15, 0.2) is 11.5 Å². The maximum Gasteiger partial charge on any atom is 0.239 e. The molecule has 0 heterocycles. The van der Waals surface area contributed by atoms with E-state index in [2.05, 4.69) is 5.32 Å². The minimum absolute atomic E-state index is 0.236. The number of methoxy groups -OCH3 is 1. The first-order chi connectivity index (χ1) is 10.4. The predicted octanol–water partition coefficient (Wildman–Crippen LogP) is 2.69. The molecule has 0 aromatic heterocycles. The molecule has 1 aromatic carbocycles. The fraction of sp³-hybridized carbons (Fsp3) is 0.529. The lowest BCUT2D eigenvalue weighted by Crippen LogP contribution is -2.36. The third-order valence-corrected chi connectivity index (χ3v) is 3.30. The Morgan fingerprint density at radius 2 is 2.09 bits per heavy atom. The SMILES string of the molecule is CCOc1cc(CCCNC(=O)C(C)(C)C#N)ccc1OC. The number of ether oxygens (including phenoxy) is 2. The van der Waals surface area contributed by atoms with Gasteiger partial charge in [-0.15, -0.1) is 0 Å². The molecule has 5 nitrogen and oxygen atoms in total. The van der Waals surface area contributed by atoms with Gasteiger partial charge >= 0.3 is 0 Å². The van der Waals surface area contributed by atoms with Crippen molar-refractivity contribution in [1.82, 2.24) is 5.32 Å². The predicted molar refractivity (Wildman–Crippen MR) is 84.9 cm³/mol. The van der Waals surface area contributed by atoms with Gasteiger partial charge in [0.2, 0.25) is 5.91 Å². The number of carbonyl (C=O) groups is 1. The van der Waals surface area contributed by atoms with Crippen LogP contribution in [0.3, 0.4) is 0 Å². The summed E-state index contributed by atoms with van der Waals surface area (Å²) in [5.74, 6) is 1.21. The Bertz CT molecular complexity index is 547. The maximum absolute atomic E-state index is 11.8. The normalized spacial score (nSPS) is 10.7. The largest absolute Gasteiger partial charge is 0.493 e. The van der Waals surface area contributed by atoms with Crippen LogP contribution in [0.15, 0.2) is 18.2 Å². The highest BCUT2D eigenvalue weighted by atomic mass is 16.5. The number of hydrogen-bond donors (Lipinski definition) is 1. The summed E-state index contributed by atoms with van der Waals surface area (Å²) in [6.07, 6.45) is 1.61. The van der Waals surface area contributed by atoms with E-state index in [1.807, 2.05) is 31.2 Å². The summed E-state index contributed by atoms with van der Waals surface area (Å²) in [5, 5.41) is 11.7. The van der Waals surface area contributed by atoms with Gasteiger partial charge in [0, 0.05) is 6.54 Å². The number of nitriles is 1. The van der Waals surface area contributed by atoms with E-state index in [0.717, 1.165) is 29.9 Å². The Morgan fingerprint density at radius 1 is 1.36 bits per heavy atom. The molecule has 1 amide bonds. The average molecular weight is 304 g/mol. The summed E-state index contributed by atoms with van der Waals surface area (Å²) in [4.78, 5) is 11.8. The van der Waals surface area contributed by atoms with Crippen LogP contribution in [0.4, 0.5) is 0 Å². The Labute approximate surface area is 132 Å². The first-order valence-electron chi connectivity index (χ1n) is 7.44. The van der Waals surface area contributed by atoms with Crippen molar-refractivity contribution in [2.75, 3.05) is 20.3 Å². The molecule has 0 unspecified atom stereocenters. The topological polar surface area (TPSA) is 71.3 Å². The molecule has 0 aliphatic carbocycles. The molecule has 1 N–H and O–H groups in total. The molecule has 0 saturated carbocycles. The van der Waals surface area contributed by atoms with Gasteiger partial charge in [-0.3, -0.25) is 4.79 Å². The summed E-state index contributed by atoms with van der Waals surface area (Å²) < 4.78 is 10.8. The Hall–Kier alpha value is -2.22. The van der Waals surface area contributed by atoms with Gasteiger partial charge in [0.05, 0.1) is 19.8 Å². The molecule has 5 heteroatoms. The van der Waals surface area contributed by atoms with Gasteiger partial charge in [-0.2, -0.15) is 5.26 Å². The van der Waals surface area contributed by atoms with Crippen LogP contribution in [0.2, 0.25) is 0 Å². The molecule has 0 bridgehead atoms. The summed E-state index contributed by atoms with van der Waals surface area (Å²) in [5.41, 5.74) is 0.139. The van der Waals surface area contributed by atoms with Crippen molar-refractivity contribution in [3.05, 3.63) is 23.8 Å². The molecule has 0 saturated heterocycles. The zero-order valence-corrected chi connectivity index (χ0v) is 13.7. The van der Waals surface area contributed by atoms with Crippen LogP contribution >= 0.6 is 0 Å². The summed E-state index contributed by atoms with van der Waals surface area (Å²) in [6.45, 7) is 6.28. The van der Waals surface area contributed by atoms with Gasteiger partial charge in [-0.25, -0.2) is 0 Å². The fourth-order valence-corrected chi connectivity index (χ4v) is 1.91. The number of benzene rings is 1. The van der Waals surface area contributed by atoms with Crippen LogP contribution in [0.1, 0.15) is 32.8 Å². The van der Waals surface area contributed by atoms with Crippen LogP contribution in [0, 0.1) is 16.7 Å². The van der Waals surface area contributed by atoms with E-state index in [-0.39, 0.29) is 5.91 Å². The van der Waals surface area contributed by atoms with Crippen molar-refractivity contribution >= 4 is 5.91 Å². The second-order valence-corrected chi connectivity index (χ2v) is 5.51. The van der Waals surface area contributed by atoms with Gasteiger partial charge in [0.25, 0.3) is 0 Å². The van der Waals surface area contributed by atoms with Gasteiger partial charge < -0.3 is 14.8 Å². The summed E-state index contributed by atoms with van der Waals surface area (Å²) in [7, 11) is 1.62. The van der Waals surface area contributed by atoms with E-state index in [4.69, 9.17) is 14.7 Å². The highest BCUT2D eigenvalue weighted by Gasteiger charge is 2.26. The van der Waals surface area contributed by atoms with Crippen LogP contribution in [-0.4, -0.2) is 26.2 Å². The van der Waals surface area contributed by atoms with E-state index in [0.29, 0.717) is 13.2 Å². The average Bonchev–Trinajstić information content (AvgIpc) is 2.51. The fourth-order valence-electron chi connectivity index (χ4n) is 1.91. The zero-order chi connectivity index (χ0) is 16.6. The quantitative estimate of drug-likeness (QED) is 0.750. The number of carbonyl (C=O) groups excluding carboxylic acids is 1. The van der Waals surface area contributed by atoms with Gasteiger partial charge in [-0.05, 0) is 51.3 Å². The second kappa shape index (κ2) is 8.28. The first-order valence-corrected chi connectivity index (χ1v) is 7.44. The Balaban J connectivity index is 2.51. The van der Waals surface area contributed by atoms with E-state index < -0.39 is 5.41 Å². The standard InChI is InChI=1S/C17H24N2O3/c1-5-22-15-11-13(8-9-14(15)21-4)7-6-10-19-16(20)17(2,3)12-18/h8-9,11H,5-7,10H2,1-4H3,(H,19,20). The molecular weight excluding hydrogens is 280 g/mol. The number of aryl methyl sites for hydroxylation is 1. The lowest BCUT2D eigenvalue weighted by atomic mass is 9.95. The van der Waals surface area contributed by atoms with Crippen molar-refractivity contribution in [2.24, 2.45) is 5.41 Å². The van der Waals surface area contributed by atoms with E-state index in [9.17, 15) is 4.79 Å². The molecule has 22 heavy (non-hydrogen) atoms. The monoisotopic (exact) mass is 304 g/mol. The maximum atomic E-state index is 11.8. The highest BCUT2D eigenvalue weighted by molar-refractivity contribution is 5.84. The van der Waals surface area contributed by atoms with Crippen LogP contribution in [0.5, 0.6) is 11.5 Å². The zero-order valence-electron chi connectivity index (χ0n) is 13.7. The molecule has 0 aliphatic rings. The van der Waals surface area contributed by atoms with Crippen molar-refractivity contribution in [3.63, 3.8) is 0 Å². The lowest BCUT2D eigenvalue weighted by molar-refractivity contribution is -0.126. The van der Waals surface area contributed by atoms with Crippen molar-refractivity contribution < 1.29 is 14.3 Å². The smallest absolute Gasteiger partial charge is 0.239 e. The molecule has 0 atom stereocenters. The van der Waals surface area contributed by atoms with Crippen molar-refractivity contribution in [2.45, 2.75) is 33.6 Å². The summed E-state index contributed by atoms with van der Waals surface area (Å²) >= 11 is 0. The van der Waals surface area contributed by atoms with Gasteiger partial charge in [0.1, 0.15) is 5.41 Å². The molecule has 0 spiro atoms. The van der Waals surface area contributed by atoms with Crippen LogP contribution in [0.25, 0.3) is 0 Å². The second-order valence-electron chi connectivity index (χ2n) is 5.51. The third-order valence-electron chi connectivity index (χ3n) is 3.30. The first kappa shape index (κ1) is 17.8. The van der Waals surface area contributed by atoms with Gasteiger partial charge in [-0.1, -0.05) is 6.07 Å². The minimum Gasteiger partial charge on any atom is -0.493 e. The van der Waals surface area contributed by atoms with E-state index in [1.54, 1.807) is 21.0 Å². The van der Waals surface area contributed by atoms with Crippen LogP contribution in [-0.2, 0) is 11.2 Å².